The Balaban J connectivity index is 1.37. The van der Waals surface area contributed by atoms with Gasteiger partial charge >= 0.3 is 0 Å². The van der Waals surface area contributed by atoms with Crippen LogP contribution >= 0.6 is 0 Å². The number of carbonyl (C=O) groups is 1. The van der Waals surface area contributed by atoms with Crippen LogP contribution in [0.5, 0.6) is 0 Å². The van der Waals surface area contributed by atoms with E-state index in [4.69, 9.17) is 9.72 Å². The van der Waals surface area contributed by atoms with Crippen molar-refractivity contribution in [2.45, 2.75) is 24.8 Å². The number of ketones is 1. The molecule has 0 atom stereocenters. The summed E-state index contributed by atoms with van der Waals surface area (Å²) in [6.07, 6.45) is 8.02. The van der Waals surface area contributed by atoms with Gasteiger partial charge in [-0.2, -0.15) is 0 Å². The van der Waals surface area contributed by atoms with Crippen molar-refractivity contribution >= 4 is 11.9 Å². The molecular formula is C37H31FN2O2. The molecule has 0 unspecified atom stereocenters. The normalized spacial score (nSPS) is 17.4. The fourth-order valence-corrected chi connectivity index (χ4v) is 6.74. The molecule has 2 fully saturated rings. The summed E-state index contributed by atoms with van der Waals surface area (Å²) in [6, 6.07) is 35.8. The van der Waals surface area contributed by atoms with Crippen molar-refractivity contribution in [2.24, 2.45) is 5.41 Å². The van der Waals surface area contributed by atoms with Gasteiger partial charge in [0.05, 0.1) is 12.0 Å². The van der Waals surface area contributed by atoms with E-state index in [1.807, 2.05) is 73.2 Å². The molecule has 2 aliphatic rings. The van der Waals surface area contributed by atoms with Crippen LogP contribution in [0.25, 0.3) is 17.3 Å². The number of ether oxygens (including phenoxy) is 1. The van der Waals surface area contributed by atoms with Crippen LogP contribution in [-0.4, -0.2) is 28.5 Å². The second kappa shape index (κ2) is 10.7. The van der Waals surface area contributed by atoms with E-state index >= 15 is 0 Å². The van der Waals surface area contributed by atoms with E-state index in [1.165, 1.54) is 12.1 Å². The Bertz CT molecular complexity index is 1660. The van der Waals surface area contributed by atoms with Gasteiger partial charge in [0.2, 0.25) is 0 Å². The highest BCUT2D eigenvalue weighted by atomic mass is 19.1. The molecule has 0 radical (unpaired) electrons. The maximum Gasteiger partial charge on any atom is 0.165 e. The summed E-state index contributed by atoms with van der Waals surface area (Å²) in [5, 5.41) is 0. The summed E-state index contributed by atoms with van der Waals surface area (Å²) in [5.41, 5.74) is 5.10. The van der Waals surface area contributed by atoms with Crippen molar-refractivity contribution in [3.05, 3.63) is 155 Å². The van der Waals surface area contributed by atoms with Gasteiger partial charge in [-0.05, 0) is 65.3 Å². The number of carbonyl (C=O) groups excluding carboxylic acids is 1. The second-order valence-corrected chi connectivity index (χ2v) is 11.3. The molecule has 0 N–H and O–H groups in total. The van der Waals surface area contributed by atoms with Crippen molar-refractivity contribution < 1.29 is 13.9 Å². The molecule has 2 heterocycles. The van der Waals surface area contributed by atoms with E-state index in [0.29, 0.717) is 24.5 Å². The molecule has 7 rings (SSSR count). The molecule has 1 aliphatic heterocycles. The van der Waals surface area contributed by atoms with Crippen molar-refractivity contribution in [3.8, 4) is 11.3 Å². The van der Waals surface area contributed by atoms with Gasteiger partial charge in [-0.1, -0.05) is 97.1 Å². The monoisotopic (exact) mass is 554 g/mol. The number of nitrogens with zero attached hydrogens (tertiary/aromatic N) is 2. The smallest absolute Gasteiger partial charge is 0.165 e. The molecule has 0 amide bonds. The Hall–Kier alpha value is -4.61. The number of Topliss-reactive ketones (excluding diaryl/α,β-unsaturated/α-hetero) is 1. The van der Waals surface area contributed by atoms with Crippen molar-refractivity contribution in [2.75, 3.05) is 13.2 Å². The third-order valence-electron chi connectivity index (χ3n) is 8.92. The van der Waals surface area contributed by atoms with Crippen LogP contribution in [0.15, 0.2) is 127 Å². The number of halogens is 1. The number of allylic oxidation sites excluding steroid dienone is 1. The first-order chi connectivity index (χ1) is 20.6. The third-order valence-corrected chi connectivity index (χ3v) is 8.92. The number of hydrogen-bond acceptors (Lipinski definition) is 3. The fraction of sp³-hybridized carbons (Fsp3) is 0.189. The zero-order chi connectivity index (χ0) is 28.6. The number of aromatic nitrogens is 2. The fourth-order valence-electron chi connectivity index (χ4n) is 6.74. The van der Waals surface area contributed by atoms with Gasteiger partial charge in [0.1, 0.15) is 11.4 Å². The van der Waals surface area contributed by atoms with E-state index < -0.39 is 5.54 Å². The van der Waals surface area contributed by atoms with E-state index in [0.717, 1.165) is 47.1 Å². The Morgan fingerprint density at radius 2 is 1.38 bits per heavy atom. The molecule has 208 valence electrons. The molecular weight excluding hydrogens is 523 g/mol. The summed E-state index contributed by atoms with van der Waals surface area (Å²) in [4.78, 5) is 18.1. The lowest BCUT2D eigenvalue weighted by Gasteiger charge is -2.44. The summed E-state index contributed by atoms with van der Waals surface area (Å²) >= 11 is 0. The molecule has 1 spiro atoms. The minimum atomic E-state index is -0.722. The van der Waals surface area contributed by atoms with Crippen molar-refractivity contribution in [1.29, 1.82) is 0 Å². The molecule has 1 saturated carbocycles. The maximum atomic E-state index is 14.7. The first-order valence-electron chi connectivity index (χ1n) is 14.4. The Morgan fingerprint density at radius 3 is 1.93 bits per heavy atom. The van der Waals surface area contributed by atoms with Crippen LogP contribution in [0, 0.1) is 11.2 Å². The minimum Gasteiger partial charge on any atom is -0.381 e. The zero-order valence-corrected chi connectivity index (χ0v) is 23.2. The zero-order valence-electron chi connectivity index (χ0n) is 23.2. The summed E-state index contributed by atoms with van der Waals surface area (Å²) < 4.78 is 22.3. The van der Waals surface area contributed by atoms with E-state index in [1.54, 1.807) is 6.07 Å². The lowest BCUT2D eigenvalue weighted by atomic mass is 9.60. The van der Waals surface area contributed by atoms with Crippen molar-refractivity contribution in [1.82, 2.24) is 9.55 Å². The largest absolute Gasteiger partial charge is 0.381 e. The highest BCUT2D eigenvalue weighted by Gasteiger charge is 2.50. The average Bonchev–Trinajstić information content (AvgIpc) is 3.54. The molecule has 0 bridgehead atoms. The molecule has 1 aromatic heterocycles. The minimum absolute atomic E-state index is 0.197. The Labute approximate surface area is 245 Å². The topological polar surface area (TPSA) is 44.1 Å². The summed E-state index contributed by atoms with van der Waals surface area (Å²) in [7, 11) is 0. The third kappa shape index (κ3) is 4.32. The number of benzene rings is 4. The van der Waals surface area contributed by atoms with Gasteiger partial charge in [0.25, 0.3) is 0 Å². The van der Waals surface area contributed by atoms with Gasteiger partial charge in [-0.25, -0.2) is 9.37 Å². The lowest BCUT2D eigenvalue weighted by Crippen LogP contribution is -2.46. The number of rotatable bonds is 6. The lowest BCUT2D eigenvalue weighted by molar-refractivity contribution is -0.137. The number of hydrogen-bond donors (Lipinski definition) is 0. The van der Waals surface area contributed by atoms with E-state index in [-0.39, 0.29) is 17.0 Å². The summed E-state index contributed by atoms with van der Waals surface area (Å²) in [5.74, 6) is -0.147. The van der Waals surface area contributed by atoms with E-state index in [2.05, 4.69) is 41.0 Å². The molecule has 5 heteroatoms. The van der Waals surface area contributed by atoms with Crippen LogP contribution in [0.1, 0.15) is 41.5 Å². The number of imidazole rings is 1. The summed E-state index contributed by atoms with van der Waals surface area (Å²) in [6.45, 7) is 1.26. The van der Waals surface area contributed by atoms with Crippen LogP contribution in [0.3, 0.4) is 0 Å². The highest BCUT2D eigenvalue weighted by molar-refractivity contribution is 6.10. The predicted molar refractivity (Wildman–Crippen MR) is 162 cm³/mol. The van der Waals surface area contributed by atoms with Crippen LogP contribution in [0.2, 0.25) is 0 Å². The standard InChI is InChI=1S/C37H31FN2O2/c38-32-17-16-27(22-28-24-36(35(28)41)18-20-42-21-19-36)33(23-32)34-25-40(26-39-34)37(29-10-4-1-5-11-29,30-12-6-2-7-13-30)31-14-8-3-9-15-31/h1-17,22-23,25-26H,18-21,24H2/b28-22+. The van der Waals surface area contributed by atoms with Gasteiger partial charge in [-0.3, -0.25) is 4.79 Å². The SMILES string of the molecule is O=C1/C(=C/c2ccc(F)cc2-c2cn(C(c3ccccc3)(c3ccccc3)c3ccccc3)cn2)CC12CCOCC2. The first-order valence-corrected chi connectivity index (χ1v) is 14.4. The van der Waals surface area contributed by atoms with Crippen LogP contribution < -0.4 is 0 Å². The van der Waals surface area contributed by atoms with E-state index in [9.17, 15) is 9.18 Å². The average molecular weight is 555 g/mol. The maximum absolute atomic E-state index is 14.7. The second-order valence-electron chi connectivity index (χ2n) is 11.3. The van der Waals surface area contributed by atoms with Gasteiger partial charge in [0.15, 0.2) is 5.78 Å². The first kappa shape index (κ1) is 26.3. The Kier molecular flexibility index (Phi) is 6.67. The molecule has 42 heavy (non-hydrogen) atoms. The Morgan fingerprint density at radius 1 is 0.810 bits per heavy atom. The van der Waals surface area contributed by atoms with Crippen LogP contribution in [0.4, 0.5) is 4.39 Å². The van der Waals surface area contributed by atoms with Crippen LogP contribution in [-0.2, 0) is 15.1 Å². The highest BCUT2D eigenvalue weighted by Crippen LogP contribution is 2.50. The predicted octanol–water partition coefficient (Wildman–Crippen LogP) is 7.68. The molecule has 4 nitrogen and oxygen atoms in total. The molecule has 1 saturated heterocycles. The molecule has 1 aliphatic carbocycles. The van der Waals surface area contributed by atoms with Crippen molar-refractivity contribution in [3.63, 3.8) is 0 Å². The van der Waals surface area contributed by atoms with Gasteiger partial charge < -0.3 is 9.30 Å². The molecule has 4 aromatic carbocycles. The van der Waals surface area contributed by atoms with Gasteiger partial charge in [-0.15, -0.1) is 0 Å². The van der Waals surface area contributed by atoms with Gasteiger partial charge in [0, 0.05) is 30.4 Å². The quantitative estimate of drug-likeness (QED) is 0.160. The molecule has 5 aromatic rings.